The molecule has 0 aliphatic heterocycles. The van der Waals surface area contributed by atoms with Crippen LogP contribution in [0, 0.1) is 12.7 Å². The first-order valence-electron chi connectivity index (χ1n) is 7.82. The predicted octanol–water partition coefficient (Wildman–Crippen LogP) is 3.53. The van der Waals surface area contributed by atoms with Crippen molar-refractivity contribution in [2.75, 3.05) is 20.3 Å². The number of methoxy groups -OCH3 is 1. The highest BCUT2D eigenvalue weighted by Gasteiger charge is 2.14. The van der Waals surface area contributed by atoms with Crippen LogP contribution in [-0.4, -0.2) is 25.4 Å². The first-order chi connectivity index (χ1) is 11.1. The van der Waals surface area contributed by atoms with Crippen LogP contribution in [0.3, 0.4) is 0 Å². The number of rotatable bonds is 8. The van der Waals surface area contributed by atoms with E-state index in [9.17, 15) is 9.50 Å². The van der Waals surface area contributed by atoms with Gasteiger partial charge in [-0.2, -0.15) is 0 Å². The minimum Gasteiger partial charge on any atom is -0.387 e. The molecule has 0 saturated heterocycles. The van der Waals surface area contributed by atoms with Crippen molar-refractivity contribution in [2.24, 2.45) is 0 Å². The Bertz CT molecular complexity index is 601. The molecule has 0 saturated carbocycles. The molecule has 124 valence electrons. The van der Waals surface area contributed by atoms with Gasteiger partial charge in [-0.05, 0) is 36.6 Å². The molecule has 2 atom stereocenters. The molecule has 0 radical (unpaired) electrons. The van der Waals surface area contributed by atoms with E-state index in [2.05, 4.69) is 5.32 Å². The summed E-state index contributed by atoms with van der Waals surface area (Å²) in [6.07, 6.45) is 0.170. The van der Waals surface area contributed by atoms with Crippen molar-refractivity contribution in [2.45, 2.75) is 25.5 Å². The molecule has 0 aromatic heterocycles. The van der Waals surface area contributed by atoms with Crippen LogP contribution in [0.1, 0.15) is 35.3 Å². The number of benzene rings is 2. The highest BCUT2D eigenvalue weighted by molar-refractivity contribution is 5.24. The van der Waals surface area contributed by atoms with E-state index in [1.54, 1.807) is 19.2 Å². The Morgan fingerprint density at radius 1 is 1.13 bits per heavy atom. The second kappa shape index (κ2) is 8.77. The summed E-state index contributed by atoms with van der Waals surface area (Å²) in [7, 11) is 1.66. The number of nitrogens with one attached hydrogen (secondary N) is 1. The van der Waals surface area contributed by atoms with E-state index in [1.165, 1.54) is 12.1 Å². The first-order valence-corrected chi connectivity index (χ1v) is 7.82. The Kier molecular flexibility index (Phi) is 6.71. The summed E-state index contributed by atoms with van der Waals surface area (Å²) < 4.78 is 18.2. The molecule has 2 rings (SSSR count). The molecular weight excluding hydrogens is 293 g/mol. The number of hydrogen-bond acceptors (Lipinski definition) is 3. The van der Waals surface area contributed by atoms with Crippen LogP contribution in [0.25, 0.3) is 0 Å². The summed E-state index contributed by atoms with van der Waals surface area (Å²) in [5, 5.41) is 13.7. The standard InChI is InChI=1S/C19H24FNO2/c1-14-4-3-5-16(12-14)19(22)13-21-18(10-11-23-2)15-6-8-17(20)9-7-15/h3-9,12,18-19,21-22H,10-11,13H2,1-2H3. The van der Waals surface area contributed by atoms with Crippen molar-refractivity contribution in [1.82, 2.24) is 5.32 Å². The Morgan fingerprint density at radius 2 is 1.87 bits per heavy atom. The highest BCUT2D eigenvalue weighted by atomic mass is 19.1. The van der Waals surface area contributed by atoms with Gasteiger partial charge in [-0.15, -0.1) is 0 Å². The summed E-state index contributed by atoms with van der Waals surface area (Å²) in [5.74, 6) is -0.251. The summed E-state index contributed by atoms with van der Waals surface area (Å²) in [5.41, 5.74) is 3.00. The topological polar surface area (TPSA) is 41.5 Å². The van der Waals surface area contributed by atoms with Gasteiger partial charge in [0, 0.05) is 26.3 Å². The fourth-order valence-electron chi connectivity index (χ4n) is 2.57. The molecule has 0 bridgehead atoms. The fourth-order valence-corrected chi connectivity index (χ4v) is 2.57. The SMILES string of the molecule is COCCC(NCC(O)c1cccc(C)c1)c1ccc(F)cc1. The Labute approximate surface area is 137 Å². The summed E-state index contributed by atoms with van der Waals surface area (Å²) in [6.45, 7) is 3.02. The normalized spacial score (nSPS) is 13.7. The van der Waals surface area contributed by atoms with Gasteiger partial charge in [0.1, 0.15) is 5.82 Å². The maximum absolute atomic E-state index is 13.1. The largest absolute Gasteiger partial charge is 0.387 e. The number of hydrogen-bond donors (Lipinski definition) is 2. The predicted molar refractivity (Wildman–Crippen MR) is 89.8 cm³/mol. The van der Waals surface area contributed by atoms with Gasteiger partial charge < -0.3 is 15.2 Å². The Balaban J connectivity index is 2.01. The number of aliphatic hydroxyl groups is 1. The van der Waals surface area contributed by atoms with E-state index in [1.807, 2.05) is 31.2 Å². The average molecular weight is 317 g/mol. The minimum absolute atomic E-state index is 0.00927. The number of halogens is 1. The number of ether oxygens (including phenoxy) is 1. The van der Waals surface area contributed by atoms with Crippen molar-refractivity contribution < 1.29 is 14.2 Å². The van der Waals surface area contributed by atoms with Crippen LogP contribution in [-0.2, 0) is 4.74 Å². The van der Waals surface area contributed by atoms with E-state index in [0.717, 1.165) is 23.1 Å². The van der Waals surface area contributed by atoms with E-state index in [-0.39, 0.29) is 11.9 Å². The lowest BCUT2D eigenvalue weighted by Crippen LogP contribution is -2.27. The zero-order chi connectivity index (χ0) is 16.7. The molecule has 23 heavy (non-hydrogen) atoms. The molecule has 4 heteroatoms. The van der Waals surface area contributed by atoms with Crippen LogP contribution in [0.2, 0.25) is 0 Å². The third-order valence-electron chi connectivity index (χ3n) is 3.87. The van der Waals surface area contributed by atoms with Gasteiger partial charge >= 0.3 is 0 Å². The van der Waals surface area contributed by atoms with E-state index in [4.69, 9.17) is 4.74 Å². The molecule has 0 heterocycles. The number of aryl methyl sites for hydroxylation is 1. The lowest BCUT2D eigenvalue weighted by molar-refractivity contribution is 0.156. The maximum atomic E-state index is 13.1. The fraction of sp³-hybridized carbons (Fsp3) is 0.368. The third-order valence-corrected chi connectivity index (χ3v) is 3.87. The molecule has 0 spiro atoms. The summed E-state index contributed by atoms with van der Waals surface area (Å²) in [4.78, 5) is 0. The molecule has 2 unspecified atom stereocenters. The lowest BCUT2D eigenvalue weighted by Gasteiger charge is -2.21. The van der Waals surface area contributed by atoms with Crippen molar-refractivity contribution in [3.05, 3.63) is 71.0 Å². The van der Waals surface area contributed by atoms with Crippen molar-refractivity contribution in [3.63, 3.8) is 0 Å². The Morgan fingerprint density at radius 3 is 2.52 bits per heavy atom. The minimum atomic E-state index is -0.583. The molecule has 0 aliphatic rings. The summed E-state index contributed by atoms with van der Waals surface area (Å²) >= 11 is 0. The first kappa shape index (κ1) is 17.6. The smallest absolute Gasteiger partial charge is 0.123 e. The van der Waals surface area contributed by atoms with Crippen LogP contribution >= 0.6 is 0 Å². The van der Waals surface area contributed by atoms with Gasteiger partial charge in [-0.25, -0.2) is 4.39 Å². The van der Waals surface area contributed by atoms with Gasteiger partial charge in [-0.3, -0.25) is 0 Å². The van der Waals surface area contributed by atoms with Crippen molar-refractivity contribution in [1.29, 1.82) is 0 Å². The second-order valence-corrected chi connectivity index (χ2v) is 5.72. The van der Waals surface area contributed by atoms with Gasteiger partial charge in [0.15, 0.2) is 0 Å². The molecule has 2 N–H and O–H groups in total. The highest BCUT2D eigenvalue weighted by Crippen LogP contribution is 2.20. The number of aliphatic hydroxyl groups excluding tert-OH is 1. The van der Waals surface area contributed by atoms with E-state index in [0.29, 0.717) is 13.2 Å². The zero-order valence-corrected chi connectivity index (χ0v) is 13.6. The van der Waals surface area contributed by atoms with E-state index >= 15 is 0 Å². The van der Waals surface area contributed by atoms with Crippen molar-refractivity contribution in [3.8, 4) is 0 Å². The van der Waals surface area contributed by atoms with Crippen molar-refractivity contribution >= 4 is 0 Å². The molecular formula is C19H24FNO2. The van der Waals surface area contributed by atoms with E-state index < -0.39 is 6.10 Å². The van der Waals surface area contributed by atoms with Gasteiger partial charge in [-0.1, -0.05) is 42.0 Å². The van der Waals surface area contributed by atoms with Gasteiger partial charge in [0.2, 0.25) is 0 Å². The molecule has 0 aliphatic carbocycles. The Hall–Kier alpha value is -1.75. The monoisotopic (exact) mass is 317 g/mol. The molecule has 0 fully saturated rings. The summed E-state index contributed by atoms with van der Waals surface area (Å²) in [6, 6.07) is 14.3. The lowest BCUT2D eigenvalue weighted by atomic mass is 10.0. The molecule has 2 aromatic carbocycles. The van der Waals surface area contributed by atoms with Crippen LogP contribution in [0.5, 0.6) is 0 Å². The zero-order valence-electron chi connectivity index (χ0n) is 13.6. The maximum Gasteiger partial charge on any atom is 0.123 e. The average Bonchev–Trinajstić information content (AvgIpc) is 2.56. The molecule has 2 aromatic rings. The third kappa shape index (κ3) is 5.43. The van der Waals surface area contributed by atoms with Gasteiger partial charge in [0.05, 0.1) is 6.10 Å². The van der Waals surface area contributed by atoms with Crippen LogP contribution in [0.15, 0.2) is 48.5 Å². The van der Waals surface area contributed by atoms with Crippen LogP contribution < -0.4 is 5.32 Å². The van der Waals surface area contributed by atoms with Crippen LogP contribution in [0.4, 0.5) is 4.39 Å². The van der Waals surface area contributed by atoms with Gasteiger partial charge in [0.25, 0.3) is 0 Å². The molecule has 0 amide bonds. The second-order valence-electron chi connectivity index (χ2n) is 5.72. The quantitative estimate of drug-likeness (QED) is 0.782. The molecule has 3 nitrogen and oxygen atoms in total.